The van der Waals surface area contributed by atoms with Gasteiger partial charge in [0.2, 0.25) is 15.9 Å². The molecule has 7 heteroatoms. The monoisotopic (exact) mass is 362 g/mol. The van der Waals surface area contributed by atoms with Gasteiger partial charge in [-0.05, 0) is 31.2 Å². The number of para-hydroxylation sites is 1. The van der Waals surface area contributed by atoms with Gasteiger partial charge in [-0.3, -0.25) is 4.79 Å². The van der Waals surface area contributed by atoms with E-state index in [4.69, 9.17) is 4.74 Å². The van der Waals surface area contributed by atoms with E-state index in [0.717, 1.165) is 4.31 Å². The third-order valence-electron chi connectivity index (χ3n) is 3.47. The van der Waals surface area contributed by atoms with E-state index in [0.29, 0.717) is 12.4 Å². The molecule has 0 aliphatic heterocycles. The van der Waals surface area contributed by atoms with Gasteiger partial charge in [-0.15, -0.1) is 0 Å². The number of amides is 1. The molecule has 6 nitrogen and oxygen atoms in total. The van der Waals surface area contributed by atoms with Crippen LogP contribution in [-0.4, -0.2) is 44.9 Å². The zero-order chi connectivity index (χ0) is 18.3. The summed E-state index contributed by atoms with van der Waals surface area (Å²) >= 11 is 0. The molecule has 2 aromatic rings. The molecule has 0 aliphatic carbocycles. The second-order valence-electron chi connectivity index (χ2n) is 5.67. The SMILES string of the molecule is C[C@H](COc1ccccc1)NC(=O)CN(C)S(=O)(=O)c1ccccc1. The molecule has 0 saturated heterocycles. The third-order valence-corrected chi connectivity index (χ3v) is 5.29. The standard InChI is InChI=1S/C18H22N2O4S/c1-15(14-24-16-9-5-3-6-10-16)19-18(21)13-20(2)25(22,23)17-11-7-4-8-12-17/h3-12,15H,13-14H2,1-2H3,(H,19,21)/t15-/m1/s1. The second-order valence-corrected chi connectivity index (χ2v) is 7.71. The number of rotatable bonds is 8. The summed E-state index contributed by atoms with van der Waals surface area (Å²) in [7, 11) is -2.30. The predicted octanol–water partition coefficient (Wildman–Crippen LogP) is 1.89. The Kier molecular flexibility index (Phi) is 6.55. The molecule has 0 aromatic heterocycles. The summed E-state index contributed by atoms with van der Waals surface area (Å²) in [5.74, 6) is 0.332. The Bertz CT molecular complexity index is 779. The van der Waals surface area contributed by atoms with Gasteiger partial charge < -0.3 is 10.1 Å². The van der Waals surface area contributed by atoms with Crippen molar-refractivity contribution in [3.63, 3.8) is 0 Å². The summed E-state index contributed by atoms with van der Waals surface area (Å²) in [6, 6.07) is 17.0. The fourth-order valence-electron chi connectivity index (χ4n) is 2.16. The first-order valence-electron chi connectivity index (χ1n) is 7.88. The maximum absolute atomic E-state index is 12.4. The number of nitrogens with zero attached hydrogens (tertiary/aromatic N) is 1. The Labute approximate surface area is 148 Å². The van der Waals surface area contributed by atoms with E-state index < -0.39 is 10.0 Å². The highest BCUT2D eigenvalue weighted by molar-refractivity contribution is 7.89. The average molecular weight is 362 g/mol. The smallest absolute Gasteiger partial charge is 0.243 e. The van der Waals surface area contributed by atoms with Crippen LogP contribution in [0, 0.1) is 0 Å². The van der Waals surface area contributed by atoms with E-state index in [2.05, 4.69) is 5.32 Å². The summed E-state index contributed by atoms with van der Waals surface area (Å²) in [5.41, 5.74) is 0. The Morgan fingerprint density at radius 2 is 1.64 bits per heavy atom. The lowest BCUT2D eigenvalue weighted by Gasteiger charge is -2.19. The summed E-state index contributed by atoms with van der Waals surface area (Å²) in [4.78, 5) is 12.2. The van der Waals surface area contributed by atoms with Gasteiger partial charge in [0.25, 0.3) is 0 Å². The quantitative estimate of drug-likeness (QED) is 0.778. The predicted molar refractivity (Wildman–Crippen MR) is 95.8 cm³/mol. The minimum Gasteiger partial charge on any atom is -0.491 e. The molecule has 0 unspecified atom stereocenters. The van der Waals surface area contributed by atoms with Crippen molar-refractivity contribution >= 4 is 15.9 Å². The topological polar surface area (TPSA) is 75.7 Å². The maximum Gasteiger partial charge on any atom is 0.243 e. The van der Waals surface area contributed by atoms with Gasteiger partial charge in [-0.2, -0.15) is 4.31 Å². The van der Waals surface area contributed by atoms with Crippen LogP contribution in [0.1, 0.15) is 6.92 Å². The molecule has 0 heterocycles. The number of hydrogen-bond donors (Lipinski definition) is 1. The molecule has 0 aliphatic rings. The fraction of sp³-hybridized carbons (Fsp3) is 0.278. The molecule has 0 radical (unpaired) electrons. The second kappa shape index (κ2) is 8.64. The number of carbonyl (C=O) groups is 1. The summed E-state index contributed by atoms with van der Waals surface area (Å²) in [6.45, 7) is 1.84. The maximum atomic E-state index is 12.4. The van der Waals surface area contributed by atoms with E-state index in [9.17, 15) is 13.2 Å². The molecule has 0 spiro atoms. The lowest BCUT2D eigenvalue weighted by molar-refractivity contribution is -0.121. The summed E-state index contributed by atoms with van der Waals surface area (Å²) in [6.07, 6.45) is 0. The van der Waals surface area contributed by atoms with Crippen molar-refractivity contribution in [1.29, 1.82) is 0 Å². The van der Waals surface area contributed by atoms with Crippen LogP contribution in [0.25, 0.3) is 0 Å². The van der Waals surface area contributed by atoms with Gasteiger partial charge in [0.1, 0.15) is 12.4 Å². The molecule has 2 rings (SSSR count). The van der Waals surface area contributed by atoms with Gasteiger partial charge in [-0.1, -0.05) is 36.4 Å². The lowest BCUT2D eigenvalue weighted by atomic mass is 10.3. The molecule has 25 heavy (non-hydrogen) atoms. The van der Waals surface area contributed by atoms with Crippen molar-refractivity contribution in [2.24, 2.45) is 0 Å². The molecule has 0 fully saturated rings. The van der Waals surface area contributed by atoms with Crippen molar-refractivity contribution in [2.75, 3.05) is 20.2 Å². The van der Waals surface area contributed by atoms with Gasteiger partial charge in [0.05, 0.1) is 17.5 Å². The Balaban J connectivity index is 1.84. The van der Waals surface area contributed by atoms with Crippen LogP contribution in [0.15, 0.2) is 65.6 Å². The fourth-order valence-corrected chi connectivity index (χ4v) is 3.31. The van der Waals surface area contributed by atoms with E-state index in [-0.39, 0.29) is 23.4 Å². The van der Waals surface area contributed by atoms with E-state index in [1.165, 1.54) is 19.2 Å². The normalized spacial score (nSPS) is 12.6. The highest BCUT2D eigenvalue weighted by atomic mass is 32.2. The van der Waals surface area contributed by atoms with Gasteiger partial charge >= 0.3 is 0 Å². The average Bonchev–Trinajstić information content (AvgIpc) is 2.61. The number of carbonyl (C=O) groups excluding carboxylic acids is 1. The van der Waals surface area contributed by atoms with Crippen molar-refractivity contribution in [3.8, 4) is 5.75 Å². The van der Waals surface area contributed by atoms with Gasteiger partial charge in [-0.25, -0.2) is 8.42 Å². The zero-order valence-electron chi connectivity index (χ0n) is 14.3. The largest absolute Gasteiger partial charge is 0.491 e. The Hall–Kier alpha value is -2.38. The van der Waals surface area contributed by atoms with E-state index >= 15 is 0 Å². The number of benzene rings is 2. The first-order valence-corrected chi connectivity index (χ1v) is 9.32. The Morgan fingerprint density at radius 3 is 2.24 bits per heavy atom. The number of hydrogen-bond acceptors (Lipinski definition) is 4. The molecule has 0 bridgehead atoms. The highest BCUT2D eigenvalue weighted by Crippen LogP contribution is 2.13. The Morgan fingerprint density at radius 1 is 1.08 bits per heavy atom. The van der Waals surface area contributed by atoms with Crippen LogP contribution in [0.4, 0.5) is 0 Å². The van der Waals surface area contributed by atoms with Crippen LogP contribution in [0.5, 0.6) is 5.75 Å². The molecule has 1 amide bonds. The minimum absolute atomic E-state index is 0.158. The number of nitrogens with one attached hydrogen (secondary N) is 1. The lowest BCUT2D eigenvalue weighted by Crippen LogP contribution is -2.43. The van der Waals surface area contributed by atoms with E-state index in [1.54, 1.807) is 25.1 Å². The summed E-state index contributed by atoms with van der Waals surface area (Å²) < 4.78 is 31.4. The highest BCUT2D eigenvalue weighted by Gasteiger charge is 2.23. The summed E-state index contributed by atoms with van der Waals surface area (Å²) in [5, 5.41) is 2.73. The van der Waals surface area contributed by atoms with Crippen LogP contribution in [0.3, 0.4) is 0 Å². The van der Waals surface area contributed by atoms with Crippen LogP contribution < -0.4 is 10.1 Å². The molecule has 1 atom stereocenters. The van der Waals surface area contributed by atoms with Crippen LogP contribution in [-0.2, 0) is 14.8 Å². The van der Waals surface area contributed by atoms with Crippen molar-refractivity contribution in [1.82, 2.24) is 9.62 Å². The van der Waals surface area contributed by atoms with Gasteiger partial charge in [0.15, 0.2) is 0 Å². The van der Waals surface area contributed by atoms with Crippen LogP contribution in [0.2, 0.25) is 0 Å². The number of ether oxygens (including phenoxy) is 1. The molecule has 134 valence electrons. The van der Waals surface area contributed by atoms with Crippen molar-refractivity contribution in [2.45, 2.75) is 17.9 Å². The van der Waals surface area contributed by atoms with Crippen LogP contribution >= 0.6 is 0 Å². The molecule has 0 saturated carbocycles. The van der Waals surface area contributed by atoms with Crippen molar-refractivity contribution < 1.29 is 17.9 Å². The number of likely N-dealkylation sites (N-methyl/N-ethyl adjacent to an activating group) is 1. The first-order chi connectivity index (χ1) is 11.9. The zero-order valence-corrected chi connectivity index (χ0v) is 15.1. The first kappa shape index (κ1) is 19.0. The third kappa shape index (κ3) is 5.58. The number of sulfonamides is 1. The van der Waals surface area contributed by atoms with Gasteiger partial charge in [0, 0.05) is 7.05 Å². The molecule has 1 N–H and O–H groups in total. The minimum atomic E-state index is -3.68. The molecular formula is C18H22N2O4S. The van der Waals surface area contributed by atoms with Crippen molar-refractivity contribution in [3.05, 3.63) is 60.7 Å². The van der Waals surface area contributed by atoms with E-state index in [1.807, 2.05) is 30.3 Å². The molecule has 2 aromatic carbocycles. The molecular weight excluding hydrogens is 340 g/mol.